The van der Waals surface area contributed by atoms with Crippen LogP contribution in [0, 0.1) is 10.8 Å². The smallest absolute Gasteiger partial charge is 0.430 e. The van der Waals surface area contributed by atoms with Gasteiger partial charge < -0.3 is 18.7 Å². The predicted octanol–water partition coefficient (Wildman–Crippen LogP) is 11.2. The number of halogens is 6. The van der Waals surface area contributed by atoms with Gasteiger partial charge in [0.1, 0.15) is 12.4 Å². The van der Waals surface area contributed by atoms with Gasteiger partial charge in [0.2, 0.25) is 18.1 Å². The van der Waals surface area contributed by atoms with E-state index >= 15 is 0 Å². The molecule has 2 aromatic rings. The molecule has 0 aliphatic carbocycles. The average Bonchev–Trinajstić information content (AvgIpc) is 3.37. The molecule has 0 fully saturated rings. The number of benzene rings is 1. The number of aliphatic hydroxyl groups is 1. The SMILES string of the molecule is CCC(=CC=CC(O)(C(F)(F)F)C(F)(F)F)c1ccc(COc2ccc(C(O[Si](C)C)C(C)(C)C)c(C(O[Si](C)C)C(C)(C)C)c2)s1. The van der Waals surface area contributed by atoms with E-state index in [2.05, 4.69) is 73.8 Å². The molecule has 13 heteroatoms. The van der Waals surface area contributed by atoms with E-state index in [1.54, 1.807) is 13.0 Å². The van der Waals surface area contributed by atoms with Crippen molar-refractivity contribution in [3.05, 3.63) is 69.4 Å². The quantitative estimate of drug-likeness (QED) is 0.127. The van der Waals surface area contributed by atoms with Crippen LogP contribution in [0.4, 0.5) is 26.3 Å². The lowest BCUT2D eigenvalue weighted by atomic mass is 9.77. The van der Waals surface area contributed by atoms with Gasteiger partial charge in [0.25, 0.3) is 5.60 Å². The molecule has 0 spiro atoms. The van der Waals surface area contributed by atoms with E-state index in [-0.39, 0.29) is 35.7 Å². The fourth-order valence-electron chi connectivity index (χ4n) is 4.80. The Bertz CT molecular complexity index is 1350. The van der Waals surface area contributed by atoms with Crippen LogP contribution < -0.4 is 4.74 Å². The summed E-state index contributed by atoms with van der Waals surface area (Å²) in [7, 11) is -2.11. The Morgan fingerprint density at radius 1 is 0.809 bits per heavy atom. The van der Waals surface area contributed by atoms with Gasteiger partial charge >= 0.3 is 12.4 Å². The van der Waals surface area contributed by atoms with Crippen LogP contribution in [0.25, 0.3) is 5.57 Å². The first kappa shape index (κ1) is 41.3. The van der Waals surface area contributed by atoms with E-state index in [9.17, 15) is 31.4 Å². The highest BCUT2D eigenvalue weighted by Gasteiger charge is 2.68. The standard InChI is InChI=1S/C34H48F6O4SSi2/c1-12-22(14-13-19-32(41,33(35,36)37)34(38,39)40)27-18-16-24(45-27)21-42-23-15-17-25(28(30(2,3)4)43-46(8)9)26(20-23)29(31(5,6)7)44-47(10)11/h13-20,28-29,41H,12,21H2,1-11H3. The van der Waals surface area contributed by atoms with Crippen LogP contribution in [0.1, 0.15) is 88.0 Å². The Labute approximate surface area is 283 Å². The van der Waals surface area contributed by atoms with E-state index in [0.29, 0.717) is 28.7 Å². The molecule has 1 aromatic heterocycles. The molecule has 1 aromatic carbocycles. The van der Waals surface area contributed by atoms with Crippen LogP contribution in [0.3, 0.4) is 0 Å². The maximum atomic E-state index is 13.0. The van der Waals surface area contributed by atoms with Crippen LogP contribution in [0.5, 0.6) is 5.75 Å². The molecule has 1 N–H and O–H groups in total. The fourth-order valence-corrected chi connectivity index (χ4v) is 7.72. The zero-order valence-corrected chi connectivity index (χ0v) is 31.9. The van der Waals surface area contributed by atoms with Gasteiger partial charge in [0.15, 0.2) is 0 Å². The molecule has 264 valence electrons. The number of alkyl halides is 6. The van der Waals surface area contributed by atoms with Crippen molar-refractivity contribution in [2.75, 3.05) is 0 Å². The summed E-state index contributed by atoms with van der Waals surface area (Å²) in [4.78, 5) is 1.48. The number of allylic oxidation sites excluding steroid dienone is 3. The highest BCUT2D eigenvalue weighted by molar-refractivity contribution is 7.13. The molecule has 0 amide bonds. The molecule has 0 saturated heterocycles. The van der Waals surface area contributed by atoms with Crippen LogP contribution in [0.2, 0.25) is 26.2 Å². The van der Waals surface area contributed by atoms with Gasteiger partial charge in [0.05, 0.1) is 12.2 Å². The number of hydrogen-bond donors (Lipinski definition) is 1. The number of thiophene rings is 1. The molecular formula is C34H48F6O4SSi2. The van der Waals surface area contributed by atoms with Crippen molar-refractivity contribution in [3.8, 4) is 5.75 Å². The molecule has 2 radical (unpaired) electrons. The van der Waals surface area contributed by atoms with Crippen molar-refractivity contribution in [2.24, 2.45) is 10.8 Å². The lowest BCUT2D eigenvalue weighted by molar-refractivity contribution is -0.347. The lowest BCUT2D eigenvalue weighted by Crippen LogP contribution is -2.55. The van der Waals surface area contributed by atoms with Gasteiger partial charge in [-0.25, -0.2) is 0 Å². The summed E-state index contributed by atoms with van der Waals surface area (Å²) >= 11 is 1.32. The first-order chi connectivity index (χ1) is 21.3. The van der Waals surface area contributed by atoms with Gasteiger partial charge in [-0.15, -0.1) is 11.3 Å². The van der Waals surface area contributed by atoms with E-state index in [4.69, 9.17) is 13.6 Å². The molecule has 0 bridgehead atoms. The minimum absolute atomic E-state index is 0.162. The molecule has 2 atom stereocenters. The first-order valence-corrected chi connectivity index (χ1v) is 21.0. The van der Waals surface area contributed by atoms with E-state index in [1.807, 2.05) is 18.2 Å². The average molecular weight is 723 g/mol. The van der Waals surface area contributed by atoms with Crippen molar-refractivity contribution in [1.82, 2.24) is 0 Å². The third-order valence-corrected chi connectivity index (χ3v) is 9.69. The van der Waals surface area contributed by atoms with Crippen LogP contribution in [-0.2, 0) is 15.5 Å². The molecule has 2 unspecified atom stereocenters. The molecule has 47 heavy (non-hydrogen) atoms. The van der Waals surface area contributed by atoms with Gasteiger partial charge in [0, 0.05) is 9.75 Å². The zero-order chi connectivity index (χ0) is 36.2. The minimum Gasteiger partial charge on any atom is -0.488 e. The van der Waals surface area contributed by atoms with Gasteiger partial charge in [-0.2, -0.15) is 26.3 Å². The third-order valence-electron chi connectivity index (χ3n) is 7.14. The summed E-state index contributed by atoms with van der Waals surface area (Å²) in [5, 5.41) is 9.40. The number of rotatable bonds is 13. The van der Waals surface area contributed by atoms with Crippen LogP contribution in [-0.4, -0.2) is 41.1 Å². The number of ether oxygens (including phenoxy) is 1. The fraction of sp³-hybridized carbons (Fsp3) is 0.588. The second-order valence-electron chi connectivity index (χ2n) is 14.1. The Morgan fingerprint density at radius 2 is 1.32 bits per heavy atom. The highest BCUT2D eigenvalue weighted by atomic mass is 32.1. The Kier molecular flexibility index (Phi) is 13.8. The summed E-state index contributed by atoms with van der Waals surface area (Å²) in [6, 6.07) is 9.55. The van der Waals surface area contributed by atoms with E-state index in [1.165, 1.54) is 11.3 Å². The molecule has 2 rings (SSSR count). The normalized spacial score (nSPS) is 15.6. The highest BCUT2D eigenvalue weighted by Crippen LogP contribution is 2.47. The second-order valence-corrected chi connectivity index (χ2v) is 19.3. The van der Waals surface area contributed by atoms with Gasteiger partial charge in [-0.05, 0) is 90.5 Å². The lowest BCUT2D eigenvalue weighted by Gasteiger charge is -2.39. The van der Waals surface area contributed by atoms with Crippen LogP contribution >= 0.6 is 11.3 Å². The summed E-state index contributed by atoms with van der Waals surface area (Å²) in [6.07, 6.45) is -10.4. The minimum atomic E-state index is -5.92. The predicted molar refractivity (Wildman–Crippen MR) is 181 cm³/mol. The molecule has 0 aliphatic rings. The molecule has 4 nitrogen and oxygen atoms in total. The van der Waals surface area contributed by atoms with Crippen molar-refractivity contribution in [3.63, 3.8) is 0 Å². The van der Waals surface area contributed by atoms with Crippen molar-refractivity contribution < 1.29 is 45.0 Å². The third kappa shape index (κ3) is 11.0. The maximum absolute atomic E-state index is 13.0. The van der Waals surface area contributed by atoms with Crippen molar-refractivity contribution in [1.29, 1.82) is 0 Å². The largest absolute Gasteiger partial charge is 0.488 e. The summed E-state index contributed by atoms with van der Waals surface area (Å²) in [5.74, 6) is 0.636. The molecule has 1 heterocycles. The Hall–Kier alpha value is -1.91. The van der Waals surface area contributed by atoms with Crippen LogP contribution in [0.15, 0.2) is 48.6 Å². The summed E-state index contributed by atoms with van der Waals surface area (Å²) in [6.45, 7) is 23.3. The Morgan fingerprint density at radius 3 is 1.77 bits per heavy atom. The van der Waals surface area contributed by atoms with E-state index in [0.717, 1.165) is 22.1 Å². The molecule has 0 saturated carbocycles. The van der Waals surface area contributed by atoms with E-state index < -0.39 is 36.0 Å². The molecular weight excluding hydrogens is 675 g/mol. The zero-order valence-electron chi connectivity index (χ0n) is 29.0. The molecule has 0 aliphatic heterocycles. The Balaban J connectivity index is 2.44. The second kappa shape index (κ2) is 15.8. The van der Waals surface area contributed by atoms with Crippen molar-refractivity contribution >= 4 is 35.0 Å². The summed E-state index contributed by atoms with van der Waals surface area (Å²) in [5.41, 5.74) is -2.76. The van der Waals surface area contributed by atoms with Gasteiger partial charge in [-0.1, -0.05) is 66.7 Å². The number of hydrogen-bond acceptors (Lipinski definition) is 5. The topological polar surface area (TPSA) is 47.9 Å². The summed E-state index contributed by atoms with van der Waals surface area (Å²) < 4.78 is 97.7. The maximum Gasteiger partial charge on any atom is 0.430 e. The van der Waals surface area contributed by atoms with Crippen molar-refractivity contribution in [2.45, 2.75) is 118 Å². The monoisotopic (exact) mass is 722 g/mol. The van der Waals surface area contributed by atoms with Gasteiger partial charge in [-0.3, -0.25) is 0 Å². The first-order valence-electron chi connectivity index (χ1n) is 15.3.